The van der Waals surface area contributed by atoms with E-state index in [0.717, 1.165) is 38.5 Å². The van der Waals surface area contributed by atoms with Crippen molar-refractivity contribution >= 4 is 76.1 Å². The zero-order chi connectivity index (χ0) is 31.3. The average Bonchev–Trinajstić information content (AvgIpc) is 3.70. The van der Waals surface area contributed by atoms with Crippen molar-refractivity contribution in [2.45, 2.75) is 0 Å². The van der Waals surface area contributed by atoms with Crippen molar-refractivity contribution in [1.82, 2.24) is 4.57 Å². The van der Waals surface area contributed by atoms with Gasteiger partial charge in [0, 0.05) is 21.8 Å². The van der Waals surface area contributed by atoms with Crippen LogP contribution >= 0.6 is 0 Å². The second-order valence-corrected chi connectivity index (χ2v) is 12.9. The Morgan fingerprint density at radius 1 is 0.375 bits per heavy atom. The first-order valence-electron chi connectivity index (χ1n) is 16.5. The van der Waals surface area contributed by atoms with E-state index in [4.69, 9.17) is 4.42 Å². The summed E-state index contributed by atoms with van der Waals surface area (Å²) in [5, 5.41) is 12.4. The molecule has 0 amide bonds. The first-order chi connectivity index (χ1) is 23.8. The summed E-state index contributed by atoms with van der Waals surface area (Å²) < 4.78 is 8.94. The van der Waals surface area contributed by atoms with Gasteiger partial charge in [-0.3, -0.25) is 0 Å². The molecule has 9 aromatic carbocycles. The Hall–Kier alpha value is -6.38. The van der Waals surface area contributed by atoms with Crippen molar-refractivity contribution in [2.75, 3.05) is 0 Å². The molecule has 11 rings (SSSR count). The first-order valence-corrected chi connectivity index (χ1v) is 16.5. The third kappa shape index (κ3) is 3.46. The lowest BCUT2D eigenvalue weighted by atomic mass is 9.87. The Bertz CT molecular complexity index is 3050. The summed E-state index contributed by atoms with van der Waals surface area (Å²) in [6, 6.07) is 59.5. The molecule has 2 aromatic heterocycles. The van der Waals surface area contributed by atoms with Crippen LogP contribution in [0.2, 0.25) is 0 Å². The summed E-state index contributed by atoms with van der Waals surface area (Å²) >= 11 is 0. The minimum Gasteiger partial charge on any atom is -0.455 e. The third-order valence-electron chi connectivity index (χ3n) is 10.3. The first kappa shape index (κ1) is 25.8. The van der Waals surface area contributed by atoms with Gasteiger partial charge in [-0.2, -0.15) is 0 Å². The fourth-order valence-corrected chi connectivity index (χ4v) is 8.25. The monoisotopic (exact) mass is 609 g/mol. The topological polar surface area (TPSA) is 18.1 Å². The summed E-state index contributed by atoms with van der Waals surface area (Å²) in [5.74, 6) is 0. The number of para-hydroxylation sites is 2. The van der Waals surface area contributed by atoms with Crippen LogP contribution in [0.15, 0.2) is 168 Å². The maximum absolute atomic E-state index is 6.54. The Balaban J connectivity index is 1.15. The van der Waals surface area contributed by atoms with E-state index < -0.39 is 0 Å². The van der Waals surface area contributed by atoms with Gasteiger partial charge in [-0.25, -0.2) is 0 Å². The predicted molar refractivity (Wildman–Crippen MR) is 203 cm³/mol. The van der Waals surface area contributed by atoms with Crippen molar-refractivity contribution in [3.8, 4) is 27.9 Å². The number of nitrogens with zero attached hydrogens (tertiary/aromatic N) is 1. The highest BCUT2D eigenvalue weighted by atomic mass is 16.3. The molecule has 11 aromatic rings. The van der Waals surface area contributed by atoms with Gasteiger partial charge < -0.3 is 8.98 Å². The zero-order valence-electron chi connectivity index (χ0n) is 25.9. The van der Waals surface area contributed by atoms with Gasteiger partial charge in [-0.05, 0) is 91.0 Å². The summed E-state index contributed by atoms with van der Waals surface area (Å²) in [5.41, 5.74) is 10.3. The minimum atomic E-state index is 0.920. The van der Waals surface area contributed by atoms with Crippen LogP contribution in [0.1, 0.15) is 0 Å². The molecule has 0 bridgehead atoms. The molecule has 2 nitrogen and oxygen atoms in total. The standard InChI is InChI=1S/C46H27NO/c1-2-9-28(10-3-1)33-21-17-29-20-24-37-34(22-18-30-19-23-36(33)43(29)44(30)37)31-11-8-12-32(27-31)47-40-15-6-4-14-39(40)45-41(47)26-25-38-35-13-5-7-16-42(35)48-46(38)45/h1-27H. The van der Waals surface area contributed by atoms with Crippen LogP contribution in [0.3, 0.4) is 0 Å². The number of rotatable bonds is 3. The lowest BCUT2D eigenvalue weighted by Crippen LogP contribution is -1.94. The third-order valence-corrected chi connectivity index (χ3v) is 10.3. The molecular formula is C46H27NO. The number of furan rings is 1. The fraction of sp³-hybridized carbons (Fsp3) is 0. The molecule has 2 heterocycles. The second-order valence-electron chi connectivity index (χ2n) is 12.9. The quantitative estimate of drug-likeness (QED) is 0.182. The van der Waals surface area contributed by atoms with E-state index in [1.807, 2.05) is 6.07 Å². The van der Waals surface area contributed by atoms with E-state index in [9.17, 15) is 0 Å². The summed E-state index contributed by atoms with van der Waals surface area (Å²) in [7, 11) is 0. The van der Waals surface area contributed by atoms with E-state index in [1.165, 1.54) is 65.5 Å². The molecule has 0 N–H and O–H groups in total. The maximum atomic E-state index is 6.54. The highest BCUT2D eigenvalue weighted by Gasteiger charge is 2.19. The van der Waals surface area contributed by atoms with Gasteiger partial charge in [0.05, 0.1) is 16.4 Å². The zero-order valence-corrected chi connectivity index (χ0v) is 25.9. The molecular weight excluding hydrogens is 583 g/mol. The number of hydrogen-bond acceptors (Lipinski definition) is 1. The molecule has 0 atom stereocenters. The lowest BCUT2D eigenvalue weighted by Gasteiger charge is -2.17. The van der Waals surface area contributed by atoms with Crippen LogP contribution in [-0.4, -0.2) is 4.57 Å². The van der Waals surface area contributed by atoms with Crippen LogP contribution in [-0.2, 0) is 0 Å². The lowest BCUT2D eigenvalue weighted by molar-refractivity contribution is 0.673. The molecule has 0 saturated heterocycles. The number of fused-ring (bicyclic) bond motifs is 7. The van der Waals surface area contributed by atoms with Gasteiger partial charge in [0.25, 0.3) is 0 Å². The Morgan fingerprint density at radius 3 is 1.79 bits per heavy atom. The Kier molecular flexibility index (Phi) is 5.14. The van der Waals surface area contributed by atoms with Crippen LogP contribution in [0.5, 0.6) is 0 Å². The number of aromatic nitrogens is 1. The highest BCUT2D eigenvalue weighted by molar-refractivity contribution is 6.28. The SMILES string of the molecule is c1ccc(-c2ccc3ccc4c(-c5cccc(-n6c7ccccc7c7c8oc9ccccc9c8ccc76)c5)ccc5ccc2c3c54)cc1. The molecule has 0 aliphatic rings. The predicted octanol–water partition coefficient (Wildman–Crippen LogP) is 12.9. The molecule has 222 valence electrons. The van der Waals surface area contributed by atoms with Crippen molar-refractivity contribution in [2.24, 2.45) is 0 Å². The van der Waals surface area contributed by atoms with Crippen LogP contribution in [0.4, 0.5) is 0 Å². The molecule has 0 fully saturated rings. The van der Waals surface area contributed by atoms with E-state index in [1.54, 1.807) is 0 Å². The molecule has 0 spiro atoms. The second kappa shape index (κ2) is 9.57. The van der Waals surface area contributed by atoms with Gasteiger partial charge >= 0.3 is 0 Å². The number of hydrogen-bond donors (Lipinski definition) is 0. The van der Waals surface area contributed by atoms with E-state index >= 15 is 0 Å². The van der Waals surface area contributed by atoms with Crippen LogP contribution in [0, 0.1) is 0 Å². The maximum Gasteiger partial charge on any atom is 0.145 e. The Labute approximate surface area is 276 Å². The van der Waals surface area contributed by atoms with Crippen LogP contribution < -0.4 is 0 Å². The van der Waals surface area contributed by atoms with Gasteiger partial charge in [0.15, 0.2) is 0 Å². The van der Waals surface area contributed by atoms with Crippen molar-refractivity contribution in [3.05, 3.63) is 164 Å². The van der Waals surface area contributed by atoms with Crippen molar-refractivity contribution in [3.63, 3.8) is 0 Å². The van der Waals surface area contributed by atoms with E-state index in [0.29, 0.717) is 0 Å². The van der Waals surface area contributed by atoms with Gasteiger partial charge in [-0.15, -0.1) is 0 Å². The molecule has 0 aliphatic heterocycles. The minimum absolute atomic E-state index is 0.920. The average molecular weight is 610 g/mol. The fourth-order valence-electron chi connectivity index (χ4n) is 8.25. The molecule has 0 saturated carbocycles. The molecule has 0 radical (unpaired) electrons. The largest absolute Gasteiger partial charge is 0.455 e. The van der Waals surface area contributed by atoms with Crippen LogP contribution in [0.25, 0.3) is 104 Å². The summed E-state index contributed by atoms with van der Waals surface area (Å²) in [6.45, 7) is 0. The molecule has 2 heteroatoms. The van der Waals surface area contributed by atoms with Gasteiger partial charge in [-0.1, -0.05) is 127 Å². The van der Waals surface area contributed by atoms with Gasteiger partial charge in [0.2, 0.25) is 0 Å². The Morgan fingerprint density at radius 2 is 1.00 bits per heavy atom. The molecule has 0 unspecified atom stereocenters. The summed E-state index contributed by atoms with van der Waals surface area (Å²) in [6.07, 6.45) is 0. The molecule has 48 heavy (non-hydrogen) atoms. The number of benzene rings is 9. The summed E-state index contributed by atoms with van der Waals surface area (Å²) in [4.78, 5) is 0. The van der Waals surface area contributed by atoms with Crippen molar-refractivity contribution in [1.29, 1.82) is 0 Å². The smallest absolute Gasteiger partial charge is 0.145 e. The van der Waals surface area contributed by atoms with Gasteiger partial charge in [0.1, 0.15) is 11.2 Å². The normalized spacial score (nSPS) is 12.2. The van der Waals surface area contributed by atoms with Crippen molar-refractivity contribution < 1.29 is 4.42 Å². The highest BCUT2D eigenvalue weighted by Crippen LogP contribution is 2.44. The van der Waals surface area contributed by atoms with E-state index in [2.05, 4.69) is 162 Å². The van der Waals surface area contributed by atoms with E-state index in [-0.39, 0.29) is 0 Å². The molecule has 0 aliphatic carbocycles.